The normalized spacial score (nSPS) is 10.8. The largest absolute Gasteiger partial charge is 0.494 e. The molecule has 0 atom stereocenters. The van der Waals surface area contributed by atoms with Crippen LogP contribution in [0.1, 0.15) is 25.8 Å². The van der Waals surface area contributed by atoms with Gasteiger partial charge in [-0.2, -0.15) is 0 Å². The van der Waals surface area contributed by atoms with E-state index in [1.165, 1.54) is 0 Å². The van der Waals surface area contributed by atoms with Crippen molar-refractivity contribution in [1.82, 2.24) is 0 Å². The molecule has 0 saturated heterocycles. The number of aliphatic hydroxyl groups excluding tert-OH is 2. The minimum absolute atomic E-state index is 0.00557. The van der Waals surface area contributed by atoms with Gasteiger partial charge in [-0.1, -0.05) is 0 Å². The van der Waals surface area contributed by atoms with Gasteiger partial charge in [-0.3, -0.25) is 0 Å². The van der Waals surface area contributed by atoms with Crippen LogP contribution in [-0.4, -0.2) is 36.6 Å². The molecule has 0 heterocycles. The third-order valence-corrected chi connectivity index (χ3v) is 2.98. The number of hydrogen-bond acceptors (Lipinski definition) is 4. The summed E-state index contributed by atoms with van der Waals surface area (Å²) in [6, 6.07) is 5.78. The fourth-order valence-electron chi connectivity index (χ4n) is 1.90. The topological polar surface area (TPSA) is 58.9 Å². The fraction of sp³-hybridized carbons (Fsp3) is 0.600. The molecule has 0 unspecified atom stereocenters. The van der Waals surface area contributed by atoms with Crippen molar-refractivity contribution in [3.63, 3.8) is 0 Å². The van der Waals surface area contributed by atoms with Gasteiger partial charge >= 0.3 is 0 Å². The molecule has 2 N–H and O–H groups in total. The van der Waals surface area contributed by atoms with Crippen molar-refractivity contribution in [2.24, 2.45) is 5.92 Å². The van der Waals surface area contributed by atoms with E-state index in [4.69, 9.17) is 19.7 Å². The van der Waals surface area contributed by atoms with Crippen molar-refractivity contribution in [3.8, 4) is 11.5 Å². The molecule has 0 aromatic heterocycles. The summed E-state index contributed by atoms with van der Waals surface area (Å²) in [7, 11) is 0. The lowest BCUT2D eigenvalue weighted by Gasteiger charge is -2.15. The van der Waals surface area contributed by atoms with E-state index in [1.807, 2.05) is 32.0 Å². The minimum Gasteiger partial charge on any atom is -0.494 e. The van der Waals surface area contributed by atoms with Crippen LogP contribution in [0, 0.1) is 5.92 Å². The molecular weight excluding hydrogens is 244 g/mol. The Kier molecular flexibility index (Phi) is 7.30. The van der Waals surface area contributed by atoms with Crippen LogP contribution < -0.4 is 9.47 Å². The highest BCUT2D eigenvalue weighted by atomic mass is 16.5. The smallest absolute Gasteiger partial charge is 0.122 e. The Morgan fingerprint density at radius 3 is 2.32 bits per heavy atom. The lowest BCUT2D eigenvalue weighted by molar-refractivity contribution is 0.144. The van der Waals surface area contributed by atoms with E-state index in [0.717, 1.165) is 29.9 Å². The predicted molar refractivity (Wildman–Crippen MR) is 74.8 cm³/mol. The van der Waals surface area contributed by atoms with E-state index in [0.29, 0.717) is 13.2 Å². The molecular formula is C15H24O4. The Balaban J connectivity index is 2.78. The third-order valence-electron chi connectivity index (χ3n) is 2.98. The van der Waals surface area contributed by atoms with Gasteiger partial charge in [0.2, 0.25) is 0 Å². The summed E-state index contributed by atoms with van der Waals surface area (Å²) in [6.45, 7) is 5.15. The number of ether oxygens (including phenoxy) is 2. The molecule has 0 aliphatic rings. The van der Waals surface area contributed by atoms with Crippen molar-refractivity contribution in [2.45, 2.75) is 26.7 Å². The summed E-state index contributed by atoms with van der Waals surface area (Å²) in [5.41, 5.74) is 1.06. The van der Waals surface area contributed by atoms with E-state index in [9.17, 15) is 0 Å². The van der Waals surface area contributed by atoms with Crippen LogP contribution in [0.5, 0.6) is 11.5 Å². The highest BCUT2D eigenvalue weighted by Crippen LogP contribution is 2.26. The summed E-state index contributed by atoms with van der Waals surface area (Å²) in [5, 5.41) is 18.2. The standard InChI is InChI=1S/C15H24O4/c1-3-18-14-7-8-15(19-4-2)13(9-14)6-5-12(10-16)11-17/h7-9,12,16-17H,3-6,10-11H2,1-2H3. The highest BCUT2D eigenvalue weighted by molar-refractivity contribution is 5.40. The average molecular weight is 268 g/mol. The Hall–Kier alpha value is -1.26. The summed E-state index contributed by atoms with van der Waals surface area (Å²) in [5.74, 6) is 1.59. The lowest BCUT2D eigenvalue weighted by Crippen LogP contribution is -2.12. The fourth-order valence-corrected chi connectivity index (χ4v) is 1.90. The molecule has 1 rings (SSSR count). The second kappa shape index (κ2) is 8.77. The van der Waals surface area contributed by atoms with Crippen LogP contribution in [-0.2, 0) is 6.42 Å². The Bertz CT molecular complexity index is 361. The monoisotopic (exact) mass is 268 g/mol. The van der Waals surface area contributed by atoms with Gasteiger partial charge in [-0.25, -0.2) is 0 Å². The second-order valence-electron chi connectivity index (χ2n) is 4.41. The summed E-state index contributed by atoms with van der Waals surface area (Å²) < 4.78 is 11.1. The van der Waals surface area contributed by atoms with E-state index < -0.39 is 0 Å². The molecule has 19 heavy (non-hydrogen) atoms. The maximum absolute atomic E-state index is 9.10. The molecule has 0 spiro atoms. The van der Waals surface area contributed by atoms with Gasteiger partial charge in [0.1, 0.15) is 11.5 Å². The molecule has 0 bridgehead atoms. The van der Waals surface area contributed by atoms with Crippen molar-refractivity contribution in [2.75, 3.05) is 26.4 Å². The Morgan fingerprint density at radius 2 is 1.74 bits per heavy atom. The van der Waals surface area contributed by atoms with Crippen molar-refractivity contribution < 1.29 is 19.7 Å². The molecule has 4 nitrogen and oxygen atoms in total. The van der Waals surface area contributed by atoms with Crippen LogP contribution in [0.2, 0.25) is 0 Å². The van der Waals surface area contributed by atoms with E-state index in [1.54, 1.807) is 0 Å². The Labute approximate surface area is 115 Å². The highest BCUT2D eigenvalue weighted by Gasteiger charge is 2.10. The van der Waals surface area contributed by atoms with Crippen molar-refractivity contribution in [1.29, 1.82) is 0 Å². The molecule has 0 amide bonds. The first-order valence-corrected chi connectivity index (χ1v) is 6.85. The molecule has 108 valence electrons. The van der Waals surface area contributed by atoms with Gasteiger partial charge in [0.25, 0.3) is 0 Å². The van der Waals surface area contributed by atoms with Gasteiger partial charge in [0, 0.05) is 19.1 Å². The zero-order chi connectivity index (χ0) is 14.1. The molecule has 4 heteroatoms. The summed E-state index contributed by atoms with van der Waals surface area (Å²) in [6.07, 6.45) is 1.48. The first kappa shape index (κ1) is 15.8. The van der Waals surface area contributed by atoms with Gasteiger partial charge in [-0.15, -0.1) is 0 Å². The number of rotatable bonds is 9. The molecule has 0 fully saturated rings. The summed E-state index contributed by atoms with van der Waals surface area (Å²) in [4.78, 5) is 0. The van der Waals surface area contributed by atoms with Crippen LogP contribution >= 0.6 is 0 Å². The number of aryl methyl sites for hydroxylation is 1. The molecule has 1 aromatic rings. The van der Waals surface area contributed by atoms with Crippen LogP contribution in [0.15, 0.2) is 18.2 Å². The van der Waals surface area contributed by atoms with Crippen LogP contribution in [0.25, 0.3) is 0 Å². The van der Waals surface area contributed by atoms with Gasteiger partial charge in [0.15, 0.2) is 0 Å². The average Bonchev–Trinajstić information content (AvgIpc) is 2.43. The maximum Gasteiger partial charge on any atom is 0.122 e. The zero-order valence-corrected chi connectivity index (χ0v) is 11.8. The van der Waals surface area contributed by atoms with Gasteiger partial charge in [-0.05, 0) is 50.5 Å². The molecule has 0 radical (unpaired) electrons. The van der Waals surface area contributed by atoms with Gasteiger partial charge in [0.05, 0.1) is 13.2 Å². The molecule has 0 saturated carbocycles. The predicted octanol–water partition coefficient (Wildman–Crippen LogP) is 2.02. The van der Waals surface area contributed by atoms with Gasteiger partial charge < -0.3 is 19.7 Å². The molecule has 0 aliphatic heterocycles. The molecule has 1 aromatic carbocycles. The zero-order valence-electron chi connectivity index (χ0n) is 11.8. The molecule has 0 aliphatic carbocycles. The first-order chi connectivity index (χ1) is 9.24. The van der Waals surface area contributed by atoms with E-state index in [2.05, 4.69) is 0 Å². The van der Waals surface area contributed by atoms with Crippen molar-refractivity contribution in [3.05, 3.63) is 23.8 Å². The number of hydrogen-bond donors (Lipinski definition) is 2. The SMILES string of the molecule is CCOc1ccc(OCC)c(CCC(CO)CO)c1. The van der Waals surface area contributed by atoms with Crippen molar-refractivity contribution >= 4 is 0 Å². The number of benzene rings is 1. The van der Waals surface area contributed by atoms with Crippen LogP contribution in [0.4, 0.5) is 0 Å². The van der Waals surface area contributed by atoms with E-state index in [-0.39, 0.29) is 19.1 Å². The first-order valence-electron chi connectivity index (χ1n) is 6.85. The Morgan fingerprint density at radius 1 is 1.05 bits per heavy atom. The third kappa shape index (κ3) is 5.09. The quantitative estimate of drug-likeness (QED) is 0.719. The minimum atomic E-state index is -0.0785. The number of aliphatic hydroxyl groups is 2. The van der Waals surface area contributed by atoms with Crippen LogP contribution in [0.3, 0.4) is 0 Å². The summed E-state index contributed by atoms with van der Waals surface area (Å²) >= 11 is 0. The van der Waals surface area contributed by atoms with E-state index >= 15 is 0 Å². The second-order valence-corrected chi connectivity index (χ2v) is 4.41. The maximum atomic E-state index is 9.10. The lowest BCUT2D eigenvalue weighted by atomic mass is 10.00.